The minimum Gasteiger partial charge on any atom is -0.496 e. The topological polar surface area (TPSA) is 126 Å². The molecule has 0 fully saturated rings. The van der Waals surface area contributed by atoms with Gasteiger partial charge in [-0.1, -0.05) is 42.5 Å². The van der Waals surface area contributed by atoms with E-state index >= 15 is 0 Å². The zero-order valence-electron chi connectivity index (χ0n) is 25.7. The third kappa shape index (κ3) is 7.84. The van der Waals surface area contributed by atoms with Crippen LogP contribution in [0.4, 0.5) is 5.69 Å². The first-order valence-electron chi connectivity index (χ1n) is 14.6. The van der Waals surface area contributed by atoms with Crippen LogP contribution in [0.1, 0.15) is 30.5 Å². The molecule has 0 saturated carbocycles. The number of hydrogen-bond acceptors (Lipinski definition) is 8. The number of aromatic nitrogens is 2. The summed E-state index contributed by atoms with van der Waals surface area (Å²) in [6.45, 7) is 2.79. The Morgan fingerprint density at radius 1 is 0.870 bits per heavy atom. The van der Waals surface area contributed by atoms with E-state index in [0.29, 0.717) is 45.9 Å². The lowest BCUT2D eigenvalue weighted by Gasteiger charge is -2.17. The average molecular weight is 620 g/mol. The van der Waals surface area contributed by atoms with Crippen LogP contribution in [0.5, 0.6) is 11.5 Å². The largest absolute Gasteiger partial charge is 0.496 e. The quantitative estimate of drug-likeness (QED) is 0.186. The van der Waals surface area contributed by atoms with Gasteiger partial charge in [0.25, 0.3) is 11.5 Å². The van der Waals surface area contributed by atoms with Gasteiger partial charge in [-0.25, -0.2) is 4.98 Å². The van der Waals surface area contributed by atoms with Gasteiger partial charge in [-0.2, -0.15) is 0 Å². The predicted octanol–water partition coefficient (Wildman–Crippen LogP) is 5.33. The van der Waals surface area contributed by atoms with Crippen molar-refractivity contribution in [2.75, 3.05) is 19.0 Å². The second-order valence-corrected chi connectivity index (χ2v) is 10.7. The van der Waals surface area contributed by atoms with E-state index in [2.05, 4.69) is 5.32 Å². The molecule has 1 aromatic heterocycles. The van der Waals surface area contributed by atoms with E-state index in [-0.39, 0.29) is 24.5 Å². The van der Waals surface area contributed by atoms with Crippen molar-refractivity contribution in [3.05, 3.63) is 118 Å². The van der Waals surface area contributed by atoms with Crippen LogP contribution in [-0.2, 0) is 38.7 Å². The van der Waals surface area contributed by atoms with Gasteiger partial charge in [0.15, 0.2) is 6.61 Å². The number of benzene rings is 4. The van der Waals surface area contributed by atoms with Gasteiger partial charge in [0.05, 0.1) is 24.6 Å². The summed E-state index contributed by atoms with van der Waals surface area (Å²) in [5.74, 6) is 0.701. The van der Waals surface area contributed by atoms with Crippen molar-refractivity contribution in [3.8, 4) is 22.9 Å². The van der Waals surface area contributed by atoms with Gasteiger partial charge >= 0.3 is 5.97 Å². The van der Waals surface area contributed by atoms with Gasteiger partial charge in [0.1, 0.15) is 29.7 Å². The van der Waals surface area contributed by atoms with Crippen LogP contribution in [0.2, 0.25) is 0 Å². The molecule has 0 saturated heterocycles. The van der Waals surface area contributed by atoms with Crippen LogP contribution in [0.25, 0.3) is 22.3 Å². The molecular formula is C36H33N3O7. The molecular weight excluding hydrogens is 586 g/mol. The summed E-state index contributed by atoms with van der Waals surface area (Å²) in [5.41, 5.74) is 3.78. The molecule has 1 heterocycles. The number of rotatable bonds is 12. The first kappa shape index (κ1) is 31.6. The number of anilines is 1. The lowest BCUT2D eigenvalue weighted by atomic mass is 10.1. The summed E-state index contributed by atoms with van der Waals surface area (Å²) in [6, 6.07) is 27.4. The predicted molar refractivity (Wildman–Crippen MR) is 174 cm³/mol. The van der Waals surface area contributed by atoms with Crippen LogP contribution in [0, 0.1) is 0 Å². The lowest BCUT2D eigenvalue weighted by molar-refractivity contribution is -0.144. The summed E-state index contributed by atoms with van der Waals surface area (Å²) in [6.07, 6.45) is 0.367. The molecule has 234 valence electrons. The van der Waals surface area contributed by atoms with E-state index in [4.69, 9.17) is 19.2 Å². The minimum atomic E-state index is -0.567. The molecule has 0 unspecified atom stereocenters. The highest BCUT2D eigenvalue weighted by Crippen LogP contribution is 2.28. The van der Waals surface area contributed by atoms with Gasteiger partial charge in [0, 0.05) is 30.2 Å². The Morgan fingerprint density at radius 3 is 2.33 bits per heavy atom. The Balaban J connectivity index is 1.51. The molecule has 10 heteroatoms. The number of hydrogen-bond donors (Lipinski definition) is 1. The van der Waals surface area contributed by atoms with Gasteiger partial charge in [-0.15, -0.1) is 0 Å². The van der Waals surface area contributed by atoms with E-state index in [0.717, 1.165) is 16.7 Å². The second-order valence-electron chi connectivity index (χ2n) is 10.7. The highest BCUT2D eigenvalue weighted by atomic mass is 16.5. The molecule has 46 heavy (non-hydrogen) atoms. The molecule has 10 nitrogen and oxygen atoms in total. The second kappa shape index (κ2) is 14.3. The fraction of sp³-hybridized carbons (Fsp3) is 0.194. The monoisotopic (exact) mass is 619 g/mol. The fourth-order valence-corrected chi connectivity index (χ4v) is 4.98. The SMILES string of the molecule is COc1ccc(-c2nc3ccc(NC(=O)COC(C)=O)cc3c(=O)n2Cc2ccccc2)cc1COc1ccc(CC(C)=O)cc1. The maximum atomic E-state index is 14.1. The third-order valence-corrected chi connectivity index (χ3v) is 7.14. The molecule has 0 aliphatic rings. The summed E-state index contributed by atoms with van der Waals surface area (Å²) in [7, 11) is 1.58. The number of Topliss-reactive ketones (excluding diaryl/α,β-unsaturated/α-hetero) is 1. The molecule has 5 aromatic rings. The molecule has 0 atom stereocenters. The standard InChI is InChI=1S/C36H33N3O7/c1-23(40)17-25-9-13-30(14-10-25)46-21-28-18-27(11-16-33(28)44-3)35-38-32-15-12-29(37-34(42)22-45-24(2)41)19-31(32)36(43)39(35)20-26-7-5-4-6-8-26/h4-16,18-19H,17,20-22H2,1-3H3,(H,37,42). The minimum absolute atomic E-state index is 0.0896. The Kier molecular flexibility index (Phi) is 9.87. The van der Waals surface area contributed by atoms with Crippen molar-refractivity contribution in [1.82, 2.24) is 9.55 Å². The van der Waals surface area contributed by atoms with E-state index in [1.165, 1.54) is 6.92 Å². The molecule has 0 aliphatic carbocycles. The van der Waals surface area contributed by atoms with Crippen molar-refractivity contribution in [1.29, 1.82) is 0 Å². The van der Waals surface area contributed by atoms with E-state index in [9.17, 15) is 19.2 Å². The Morgan fingerprint density at radius 2 is 1.63 bits per heavy atom. The van der Waals surface area contributed by atoms with Crippen molar-refractivity contribution >= 4 is 34.3 Å². The molecule has 0 radical (unpaired) electrons. The van der Waals surface area contributed by atoms with Gasteiger partial charge in [-0.3, -0.25) is 23.7 Å². The molecule has 0 spiro atoms. The van der Waals surface area contributed by atoms with E-state index < -0.39 is 18.5 Å². The highest BCUT2D eigenvalue weighted by Gasteiger charge is 2.17. The first-order chi connectivity index (χ1) is 22.2. The maximum Gasteiger partial charge on any atom is 0.303 e. The van der Waals surface area contributed by atoms with Crippen LogP contribution in [0.15, 0.2) is 95.8 Å². The zero-order valence-corrected chi connectivity index (χ0v) is 25.7. The number of fused-ring (bicyclic) bond motifs is 1. The summed E-state index contributed by atoms with van der Waals surface area (Å²) in [4.78, 5) is 53.7. The smallest absolute Gasteiger partial charge is 0.303 e. The Hall–Kier alpha value is -5.77. The Labute approximate surface area is 265 Å². The number of carbonyl (C=O) groups excluding carboxylic acids is 3. The molecule has 1 N–H and O–H groups in total. The number of esters is 1. The number of ether oxygens (including phenoxy) is 3. The molecule has 5 rings (SSSR count). The zero-order chi connectivity index (χ0) is 32.6. The van der Waals surface area contributed by atoms with Crippen molar-refractivity contribution in [2.45, 2.75) is 33.4 Å². The first-order valence-corrected chi connectivity index (χ1v) is 14.6. The molecule has 4 aromatic carbocycles. The normalized spacial score (nSPS) is 10.8. The van der Waals surface area contributed by atoms with Crippen LogP contribution in [-0.4, -0.2) is 40.9 Å². The van der Waals surface area contributed by atoms with Crippen molar-refractivity contribution < 1.29 is 28.6 Å². The number of carbonyl (C=O) groups is 3. The summed E-state index contributed by atoms with van der Waals surface area (Å²) < 4.78 is 18.0. The molecule has 0 bridgehead atoms. The average Bonchev–Trinajstić information content (AvgIpc) is 3.05. The maximum absolute atomic E-state index is 14.1. The number of ketones is 1. The number of amides is 1. The third-order valence-electron chi connectivity index (χ3n) is 7.14. The number of methoxy groups -OCH3 is 1. The highest BCUT2D eigenvalue weighted by molar-refractivity contribution is 5.95. The van der Waals surface area contributed by atoms with Crippen LogP contribution >= 0.6 is 0 Å². The van der Waals surface area contributed by atoms with Crippen molar-refractivity contribution in [2.24, 2.45) is 0 Å². The van der Waals surface area contributed by atoms with Crippen LogP contribution in [0.3, 0.4) is 0 Å². The van der Waals surface area contributed by atoms with Gasteiger partial charge in [0.2, 0.25) is 0 Å². The van der Waals surface area contributed by atoms with Gasteiger partial charge < -0.3 is 19.5 Å². The van der Waals surface area contributed by atoms with Crippen molar-refractivity contribution in [3.63, 3.8) is 0 Å². The lowest BCUT2D eigenvalue weighted by Crippen LogP contribution is -2.25. The Bertz CT molecular complexity index is 1950. The van der Waals surface area contributed by atoms with E-state index in [1.54, 1.807) is 36.8 Å². The molecule has 1 amide bonds. The number of nitrogens with zero attached hydrogens (tertiary/aromatic N) is 2. The summed E-state index contributed by atoms with van der Waals surface area (Å²) >= 11 is 0. The molecule has 0 aliphatic heterocycles. The van der Waals surface area contributed by atoms with E-state index in [1.807, 2.05) is 72.8 Å². The fourth-order valence-electron chi connectivity index (χ4n) is 4.98. The van der Waals surface area contributed by atoms with Gasteiger partial charge in [-0.05, 0) is 66.6 Å². The summed E-state index contributed by atoms with van der Waals surface area (Å²) in [5, 5.41) is 2.97. The number of nitrogens with one attached hydrogen (secondary N) is 1. The van der Waals surface area contributed by atoms with Crippen LogP contribution < -0.4 is 20.3 Å².